The number of hydrogen-bond acceptors (Lipinski definition) is 3. The zero-order valence-corrected chi connectivity index (χ0v) is 16.5. The second-order valence-corrected chi connectivity index (χ2v) is 6.57. The summed E-state index contributed by atoms with van der Waals surface area (Å²) in [5, 5.41) is 7.32. The van der Waals surface area contributed by atoms with Crippen molar-refractivity contribution in [1.82, 2.24) is 10.6 Å². The third-order valence-corrected chi connectivity index (χ3v) is 4.49. The topological polar surface area (TPSA) is 54.9 Å². The molecule has 1 aliphatic rings. The summed E-state index contributed by atoms with van der Waals surface area (Å²) in [5.74, 6) is 1.53. The molecular formula is C20H30ClN3O2. The number of ether oxygens (including phenoxy) is 2. The molecule has 2 N–H and O–H groups in total. The van der Waals surface area contributed by atoms with Gasteiger partial charge in [-0.1, -0.05) is 42.3 Å². The van der Waals surface area contributed by atoms with Gasteiger partial charge in [-0.05, 0) is 38.3 Å². The number of nitrogens with one attached hydrogen (secondary N) is 2. The van der Waals surface area contributed by atoms with Crippen molar-refractivity contribution in [2.24, 2.45) is 4.99 Å². The van der Waals surface area contributed by atoms with Crippen molar-refractivity contribution in [3.8, 4) is 5.75 Å². The van der Waals surface area contributed by atoms with E-state index >= 15 is 0 Å². The van der Waals surface area contributed by atoms with Gasteiger partial charge in [-0.15, -0.1) is 0 Å². The van der Waals surface area contributed by atoms with Crippen LogP contribution < -0.4 is 15.4 Å². The number of aliphatic imine (C=N–C) groups is 1. The van der Waals surface area contributed by atoms with E-state index in [9.17, 15) is 0 Å². The molecule has 5 nitrogen and oxygen atoms in total. The summed E-state index contributed by atoms with van der Waals surface area (Å²) >= 11 is 6.18. The lowest BCUT2D eigenvalue weighted by Crippen LogP contribution is -2.38. The predicted molar refractivity (Wildman–Crippen MR) is 108 cm³/mol. The number of guanidine groups is 1. The minimum Gasteiger partial charge on any atom is -0.487 e. The van der Waals surface area contributed by atoms with E-state index in [1.54, 1.807) is 0 Å². The second-order valence-electron chi connectivity index (χ2n) is 6.16. The number of benzene rings is 1. The number of para-hydroxylation sites is 1. The average molecular weight is 380 g/mol. The molecule has 0 spiro atoms. The van der Waals surface area contributed by atoms with Crippen molar-refractivity contribution in [3.63, 3.8) is 0 Å². The van der Waals surface area contributed by atoms with E-state index < -0.39 is 0 Å². The lowest BCUT2D eigenvalue weighted by molar-refractivity contribution is 0.153. The molecule has 1 unspecified atom stereocenters. The van der Waals surface area contributed by atoms with Crippen molar-refractivity contribution < 1.29 is 9.47 Å². The summed E-state index contributed by atoms with van der Waals surface area (Å²) in [7, 11) is 0. The molecule has 0 amide bonds. The van der Waals surface area contributed by atoms with E-state index in [0.29, 0.717) is 17.3 Å². The number of hydrogen-bond donors (Lipinski definition) is 2. The first-order chi connectivity index (χ1) is 12.7. The molecule has 0 saturated carbocycles. The van der Waals surface area contributed by atoms with Gasteiger partial charge in [-0.25, -0.2) is 4.99 Å². The van der Waals surface area contributed by atoms with Crippen molar-refractivity contribution in [2.45, 2.75) is 39.2 Å². The minimum absolute atomic E-state index is 0.0106. The van der Waals surface area contributed by atoms with Crippen LogP contribution >= 0.6 is 11.6 Å². The zero-order valence-electron chi connectivity index (χ0n) is 15.8. The molecule has 2 rings (SSSR count). The van der Waals surface area contributed by atoms with Crippen molar-refractivity contribution in [3.05, 3.63) is 40.9 Å². The Morgan fingerprint density at radius 2 is 2.15 bits per heavy atom. The van der Waals surface area contributed by atoms with Crippen LogP contribution in [0, 0.1) is 0 Å². The fraction of sp³-hybridized carbons (Fsp3) is 0.550. The maximum Gasteiger partial charge on any atom is 0.191 e. The molecule has 0 bridgehead atoms. The highest BCUT2D eigenvalue weighted by Crippen LogP contribution is 2.24. The highest BCUT2D eigenvalue weighted by molar-refractivity contribution is 6.32. The SMILES string of the molecule is CCNC(=NCC(CC)Oc1ccccc1Cl)NCCC1=CCOCC1. The Labute approximate surface area is 161 Å². The molecule has 0 fully saturated rings. The molecule has 0 aromatic heterocycles. The van der Waals surface area contributed by atoms with E-state index in [1.807, 2.05) is 24.3 Å². The van der Waals surface area contributed by atoms with Gasteiger partial charge in [-0.3, -0.25) is 0 Å². The molecule has 1 atom stereocenters. The first kappa shape index (κ1) is 20.6. The van der Waals surface area contributed by atoms with E-state index in [1.165, 1.54) is 5.57 Å². The van der Waals surface area contributed by atoms with Gasteiger partial charge in [0.2, 0.25) is 0 Å². The molecule has 1 aliphatic heterocycles. The van der Waals surface area contributed by atoms with Crippen LogP contribution in [0.25, 0.3) is 0 Å². The molecule has 6 heteroatoms. The highest BCUT2D eigenvalue weighted by Gasteiger charge is 2.11. The molecule has 1 heterocycles. The van der Waals surface area contributed by atoms with E-state index in [4.69, 9.17) is 21.1 Å². The molecular weight excluding hydrogens is 350 g/mol. The molecule has 0 radical (unpaired) electrons. The lowest BCUT2D eigenvalue weighted by atomic mass is 10.1. The second kappa shape index (κ2) is 11.8. The Hall–Kier alpha value is -1.72. The van der Waals surface area contributed by atoms with Gasteiger partial charge in [0.1, 0.15) is 11.9 Å². The van der Waals surface area contributed by atoms with Gasteiger partial charge in [0.05, 0.1) is 24.8 Å². The predicted octanol–water partition coefficient (Wildman–Crippen LogP) is 3.79. The van der Waals surface area contributed by atoms with Crippen LogP contribution in [-0.4, -0.2) is 44.9 Å². The Morgan fingerprint density at radius 1 is 1.31 bits per heavy atom. The Kier molecular flexibility index (Phi) is 9.35. The summed E-state index contributed by atoms with van der Waals surface area (Å²) < 4.78 is 11.3. The molecule has 0 saturated heterocycles. The largest absolute Gasteiger partial charge is 0.487 e. The van der Waals surface area contributed by atoms with Crippen molar-refractivity contribution in [1.29, 1.82) is 0 Å². The van der Waals surface area contributed by atoms with Crippen LogP contribution in [0.2, 0.25) is 5.02 Å². The van der Waals surface area contributed by atoms with E-state index in [-0.39, 0.29) is 6.10 Å². The van der Waals surface area contributed by atoms with Crippen LogP contribution in [0.3, 0.4) is 0 Å². The van der Waals surface area contributed by atoms with Crippen LogP contribution in [0.5, 0.6) is 5.75 Å². The van der Waals surface area contributed by atoms with Crippen LogP contribution in [0.4, 0.5) is 0 Å². The lowest BCUT2D eigenvalue weighted by Gasteiger charge is -2.18. The molecule has 1 aromatic rings. The maximum absolute atomic E-state index is 6.18. The van der Waals surface area contributed by atoms with Crippen molar-refractivity contribution in [2.75, 3.05) is 32.8 Å². The first-order valence-electron chi connectivity index (χ1n) is 9.42. The summed E-state index contributed by atoms with van der Waals surface area (Å²) in [4.78, 5) is 4.68. The van der Waals surface area contributed by atoms with Crippen LogP contribution in [-0.2, 0) is 4.74 Å². The highest BCUT2D eigenvalue weighted by atomic mass is 35.5. The third-order valence-electron chi connectivity index (χ3n) is 4.18. The van der Waals surface area contributed by atoms with Gasteiger partial charge in [0.15, 0.2) is 5.96 Å². The molecule has 26 heavy (non-hydrogen) atoms. The maximum atomic E-state index is 6.18. The van der Waals surface area contributed by atoms with Gasteiger partial charge in [0.25, 0.3) is 0 Å². The van der Waals surface area contributed by atoms with Gasteiger partial charge in [-0.2, -0.15) is 0 Å². The fourth-order valence-electron chi connectivity index (χ4n) is 2.64. The third kappa shape index (κ3) is 7.26. The quantitative estimate of drug-likeness (QED) is 0.389. The summed E-state index contributed by atoms with van der Waals surface area (Å²) in [5.41, 5.74) is 1.45. The first-order valence-corrected chi connectivity index (χ1v) is 9.79. The van der Waals surface area contributed by atoms with Crippen LogP contribution in [0.15, 0.2) is 40.9 Å². The normalized spacial score (nSPS) is 16.0. The van der Waals surface area contributed by atoms with Crippen molar-refractivity contribution >= 4 is 17.6 Å². The summed E-state index contributed by atoms with van der Waals surface area (Å²) in [6.07, 6.45) is 5.07. The summed E-state index contributed by atoms with van der Waals surface area (Å²) in [6, 6.07) is 7.55. The Bertz CT molecular complexity index is 604. The number of rotatable bonds is 9. The standard InChI is InChI=1S/C20H30ClN3O2/c1-3-17(26-19-8-6-5-7-18(19)21)15-24-20(22-4-2)23-12-9-16-10-13-25-14-11-16/h5-8,10,17H,3-4,9,11-15H2,1-2H3,(H2,22,23,24). The number of halogens is 1. The van der Waals surface area contributed by atoms with Gasteiger partial charge < -0.3 is 20.1 Å². The fourth-order valence-corrected chi connectivity index (χ4v) is 2.82. The summed E-state index contributed by atoms with van der Waals surface area (Å²) in [6.45, 7) is 7.99. The monoisotopic (exact) mass is 379 g/mol. The number of nitrogens with zero attached hydrogens (tertiary/aromatic N) is 1. The molecule has 144 valence electrons. The van der Waals surface area contributed by atoms with Crippen LogP contribution in [0.1, 0.15) is 33.1 Å². The van der Waals surface area contributed by atoms with E-state index in [0.717, 1.165) is 51.5 Å². The molecule has 0 aliphatic carbocycles. The minimum atomic E-state index is -0.0106. The van der Waals surface area contributed by atoms with Gasteiger partial charge >= 0.3 is 0 Å². The smallest absolute Gasteiger partial charge is 0.191 e. The Balaban J connectivity index is 1.85. The molecule has 1 aromatic carbocycles. The van der Waals surface area contributed by atoms with E-state index in [2.05, 4.69) is 35.5 Å². The zero-order chi connectivity index (χ0) is 18.6. The van der Waals surface area contributed by atoms with Gasteiger partial charge in [0, 0.05) is 13.1 Å². The average Bonchev–Trinajstić information content (AvgIpc) is 2.67. The Morgan fingerprint density at radius 3 is 2.85 bits per heavy atom.